The second-order valence-corrected chi connectivity index (χ2v) is 7.19. The summed E-state index contributed by atoms with van der Waals surface area (Å²) in [6, 6.07) is 17.1. The molecule has 0 bridgehead atoms. The topological polar surface area (TPSA) is 67.6 Å². The molecule has 1 aliphatic heterocycles. The van der Waals surface area contributed by atoms with E-state index in [1.807, 2.05) is 59.3 Å². The van der Waals surface area contributed by atoms with E-state index in [0.717, 1.165) is 35.5 Å². The Kier molecular flexibility index (Phi) is 5.62. The lowest BCUT2D eigenvalue weighted by molar-refractivity contribution is 0.0985. The molecule has 1 amide bonds. The Morgan fingerprint density at radius 1 is 1.14 bits per heavy atom. The molecule has 29 heavy (non-hydrogen) atoms. The number of ether oxygens (including phenoxy) is 1. The number of benzene rings is 2. The van der Waals surface area contributed by atoms with E-state index >= 15 is 0 Å². The third-order valence-electron chi connectivity index (χ3n) is 5.11. The van der Waals surface area contributed by atoms with E-state index in [1.165, 1.54) is 0 Å². The molecular formula is C23H25N3O3. The maximum atomic E-state index is 13.4. The standard InChI is InChI=1S/C23H25N3O3/c1-2-3-12-29-21-10-8-17(9-11-21)23(28)25-15-20-13-19(16-27)24-26(20)14-18-6-4-5-7-22(18)25/h4-11,13,27H,2-3,12,14-16H2,1H3. The molecule has 2 aromatic carbocycles. The minimum atomic E-state index is -0.116. The van der Waals surface area contributed by atoms with Crippen LogP contribution in [0.5, 0.6) is 5.75 Å². The van der Waals surface area contributed by atoms with Crippen molar-refractivity contribution >= 4 is 11.6 Å². The van der Waals surface area contributed by atoms with Crippen molar-refractivity contribution in [2.24, 2.45) is 0 Å². The van der Waals surface area contributed by atoms with E-state index in [1.54, 1.807) is 4.90 Å². The van der Waals surface area contributed by atoms with Gasteiger partial charge < -0.3 is 14.7 Å². The molecule has 0 saturated carbocycles. The Labute approximate surface area is 170 Å². The number of rotatable bonds is 6. The minimum absolute atomic E-state index is 0.0715. The third kappa shape index (κ3) is 4.03. The van der Waals surface area contributed by atoms with Crippen LogP contribution in [-0.2, 0) is 19.7 Å². The lowest BCUT2D eigenvalue weighted by Crippen LogP contribution is -2.30. The molecule has 0 atom stereocenters. The van der Waals surface area contributed by atoms with Gasteiger partial charge in [0.15, 0.2) is 0 Å². The first-order valence-corrected chi connectivity index (χ1v) is 9.98. The molecule has 2 heterocycles. The van der Waals surface area contributed by atoms with Crippen molar-refractivity contribution in [1.82, 2.24) is 9.78 Å². The highest BCUT2D eigenvalue weighted by Crippen LogP contribution is 2.29. The number of para-hydroxylation sites is 1. The predicted octanol–water partition coefficient (Wildman–Crippen LogP) is 3.76. The van der Waals surface area contributed by atoms with E-state index in [-0.39, 0.29) is 12.5 Å². The molecule has 0 aliphatic carbocycles. The summed E-state index contributed by atoms with van der Waals surface area (Å²) in [5.41, 5.74) is 4.03. The van der Waals surface area contributed by atoms with Crippen LogP contribution in [0.3, 0.4) is 0 Å². The third-order valence-corrected chi connectivity index (χ3v) is 5.11. The van der Waals surface area contributed by atoms with Crippen molar-refractivity contribution in [2.75, 3.05) is 11.5 Å². The molecule has 0 spiro atoms. The van der Waals surface area contributed by atoms with E-state index in [0.29, 0.717) is 31.0 Å². The van der Waals surface area contributed by atoms with Gasteiger partial charge >= 0.3 is 0 Å². The fourth-order valence-corrected chi connectivity index (χ4v) is 3.54. The SMILES string of the molecule is CCCCOc1ccc(C(=O)N2Cc3cc(CO)nn3Cc3ccccc32)cc1. The van der Waals surface area contributed by atoms with Gasteiger partial charge in [-0.3, -0.25) is 9.48 Å². The first kappa shape index (κ1) is 19.2. The number of amides is 1. The van der Waals surface area contributed by atoms with Crippen LogP contribution in [0.4, 0.5) is 5.69 Å². The van der Waals surface area contributed by atoms with Gasteiger partial charge in [0.2, 0.25) is 0 Å². The monoisotopic (exact) mass is 391 g/mol. The van der Waals surface area contributed by atoms with Gasteiger partial charge in [0.1, 0.15) is 5.75 Å². The van der Waals surface area contributed by atoms with Gasteiger partial charge in [-0.25, -0.2) is 0 Å². The largest absolute Gasteiger partial charge is 0.494 e. The van der Waals surface area contributed by atoms with Crippen molar-refractivity contribution in [3.8, 4) is 5.75 Å². The molecule has 3 aromatic rings. The van der Waals surface area contributed by atoms with Gasteiger partial charge in [-0.15, -0.1) is 0 Å². The fourth-order valence-electron chi connectivity index (χ4n) is 3.54. The quantitative estimate of drug-likeness (QED) is 0.650. The summed E-state index contributed by atoms with van der Waals surface area (Å²) in [7, 11) is 0. The molecule has 1 N–H and O–H groups in total. The van der Waals surface area contributed by atoms with E-state index in [9.17, 15) is 9.90 Å². The lowest BCUT2D eigenvalue weighted by Gasteiger charge is -2.22. The molecule has 6 nitrogen and oxygen atoms in total. The van der Waals surface area contributed by atoms with Gasteiger partial charge in [0, 0.05) is 11.3 Å². The number of anilines is 1. The zero-order valence-corrected chi connectivity index (χ0v) is 16.5. The Balaban J connectivity index is 1.63. The van der Waals surface area contributed by atoms with E-state index in [4.69, 9.17) is 4.74 Å². The maximum Gasteiger partial charge on any atom is 0.258 e. The number of fused-ring (bicyclic) bond motifs is 2. The Morgan fingerprint density at radius 3 is 2.69 bits per heavy atom. The van der Waals surface area contributed by atoms with Crippen LogP contribution in [0, 0.1) is 0 Å². The number of carbonyl (C=O) groups excluding carboxylic acids is 1. The van der Waals surface area contributed by atoms with Gasteiger partial charge in [-0.2, -0.15) is 5.10 Å². The van der Waals surface area contributed by atoms with E-state index < -0.39 is 0 Å². The van der Waals surface area contributed by atoms with Crippen molar-refractivity contribution in [3.05, 3.63) is 77.1 Å². The summed E-state index contributed by atoms with van der Waals surface area (Å²) in [6.07, 6.45) is 2.09. The number of nitrogens with zero attached hydrogens (tertiary/aromatic N) is 3. The second kappa shape index (κ2) is 8.49. The molecule has 0 saturated heterocycles. The Hall–Kier alpha value is -3.12. The van der Waals surface area contributed by atoms with Gasteiger partial charge in [0.25, 0.3) is 5.91 Å². The van der Waals surface area contributed by atoms with Crippen molar-refractivity contribution < 1.29 is 14.6 Å². The number of aliphatic hydroxyl groups is 1. The smallest absolute Gasteiger partial charge is 0.258 e. The highest BCUT2D eigenvalue weighted by molar-refractivity contribution is 6.06. The van der Waals surface area contributed by atoms with Crippen LogP contribution in [0.2, 0.25) is 0 Å². The highest BCUT2D eigenvalue weighted by atomic mass is 16.5. The predicted molar refractivity (Wildman–Crippen MR) is 111 cm³/mol. The van der Waals surface area contributed by atoms with Gasteiger partial charge in [0.05, 0.1) is 37.7 Å². The first-order chi connectivity index (χ1) is 14.2. The Morgan fingerprint density at radius 2 is 1.93 bits per heavy atom. The molecule has 0 fully saturated rings. The molecule has 150 valence electrons. The molecule has 0 unspecified atom stereocenters. The van der Waals surface area contributed by atoms with Crippen LogP contribution in [0.1, 0.15) is 47.1 Å². The zero-order chi connectivity index (χ0) is 20.2. The fraction of sp³-hybridized carbons (Fsp3) is 0.304. The summed E-state index contributed by atoms with van der Waals surface area (Å²) in [5.74, 6) is 0.703. The molecule has 1 aliphatic rings. The average Bonchev–Trinajstić information content (AvgIpc) is 3.07. The number of carbonyl (C=O) groups is 1. The minimum Gasteiger partial charge on any atom is -0.494 e. The molecule has 4 rings (SSSR count). The molecule has 0 radical (unpaired) electrons. The van der Waals surface area contributed by atoms with Crippen LogP contribution >= 0.6 is 0 Å². The summed E-state index contributed by atoms with van der Waals surface area (Å²) >= 11 is 0. The van der Waals surface area contributed by atoms with Crippen LogP contribution in [0.15, 0.2) is 54.6 Å². The number of aliphatic hydroxyl groups excluding tert-OH is 1. The Bertz CT molecular complexity index is 995. The van der Waals surface area contributed by atoms with Gasteiger partial charge in [-0.1, -0.05) is 31.5 Å². The molecule has 6 heteroatoms. The van der Waals surface area contributed by atoms with Gasteiger partial charge in [-0.05, 0) is 48.4 Å². The highest BCUT2D eigenvalue weighted by Gasteiger charge is 2.26. The zero-order valence-electron chi connectivity index (χ0n) is 16.5. The summed E-state index contributed by atoms with van der Waals surface area (Å²) in [5, 5.41) is 13.9. The van der Waals surface area contributed by atoms with Crippen LogP contribution in [0.25, 0.3) is 0 Å². The van der Waals surface area contributed by atoms with Crippen molar-refractivity contribution in [2.45, 2.75) is 39.5 Å². The van der Waals surface area contributed by atoms with Crippen LogP contribution < -0.4 is 9.64 Å². The molecular weight excluding hydrogens is 366 g/mol. The molecule has 1 aromatic heterocycles. The normalized spacial score (nSPS) is 12.8. The van der Waals surface area contributed by atoms with E-state index in [2.05, 4.69) is 12.0 Å². The lowest BCUT2D eigenvalue weighted by atomic mass is 10.1. The summed E-state index contributed by atoms with van der Waals surface area (Å²) in [6.45, 7) is 3.66. The first-order valence-electron chi connectivity index (χ1n) is 9.98. The number of aromatic nitrogens is 2. The summed E-state index contributed by atoms with van der Waals surface area (Å²) < 4.78 is 7.57. The van der Waals surface area contributed by atoms with Crippen molar-refractivity contribution in [1.29, 1.82) is 0 Å². The average molecular weight is 391 g/mol. The van der Waals surface area contributed by atoms with Crippen molar-refractivity contribution in [3.63, 3.8) is 0 Å². The number of hydrogen-bond acceptors (Lipinski definition) is 4. The van der Waals surface area contributed by atoms with Crippen LogP contribution in [-0.4, -0.2) is 27.4 Å². The maximum absolute atomic E-state index is 13.4. The number of unbranched alkanes of at least 4 members (excludes halogenated alkanes) is 1. The number of hydrogen-bond donors (Lipinski definition) is 1. The second-order valence-electron chi connectivity index (χ2n) is 7.19. The summed E-state index contributed by atoms with van der Waals surface area (Å²) in [4.78, 5) is 15.2.